The lowest BCUT2D eigenvalue weighted by atomic mass is 10.1. The van der Waals surface area contributed by atoms with Crippen LogP contribution in [0, 0.1) is 0 Å². The number of benzene rings is 2. The van der Waals surface area contributed by atoms with E-state index < -0.39 is 8.07 Å². The van der Waals surface area contributed by atoms with Crippen molar-refractivity contribution in [3.8, 4) is 0 Å². The summed E-state index contributed by atoms with van der Waals surface area (Å²) in [4.78, 5) is 2.49. The molecule has 0 saturated carbocycles. The minimum absolute atomic E-state index is 0.301. The molecule has 1 aliphatic rings. The normalized spacial score (nSPS) is 20.2. The molecule has 0 N–H and O–H groups in total. The van der Waals surface area contributed by atoms with Crippen LogP contribution in [0.4, 0.5) is 0 Å². The number of rotatable bonds is 6. The first kappa shape index (κ1) is 17.4. The number of ether oxygens (including phenoxy) is 1. The summed E-state index contributed by atoms with van der Waals surface area (Å²) in [6.07, 6.45) is 2.84. The summed E-state index contributed by atoms with van der Waals surface area (Å²) in [6.45, 7) is 3.69. The Balaban J connectivity index is 1.96. The summed E-state index contributed by atoms with van der Waals surface area (Å²) in [5.74, 6) is 0. The van der Waals surface area contributed by atoms with Gasteiger partial charge in [0.05, 0.1) is 6.10 Å². The van der Waals surface area contributed by atoms with Crippen molar-refractivity contribution in [2.75, 3.05) is 20.7 Å². The largest absolute Gasteiger partial charge is 0.380 e. The van der Waals surface area contributed by atoms with Crippen LogP contribution in [0.5, 0.6) is 0 Å². The van der Waals surface area contributed by atoms with Crippen molar-refractivity contribution < 1.29 is 4.74 Å². The molecule has 3 rings (SSSR count). The molecule has 0 unspecified atom stereocenters. The second-order valence-corrected chi connectivity index (χ2v) is 11.5. The highest BCUT2D eigenvalue weighted by molar-refractivity contribution is 7.01. The van der Waals surface area contributed by atoms with Gasteiger partial charge in [-0.3, -0.25) is 0 Å². The summed E-state index contributed by atoms with van der Waals surface area (Å²) >= 11 is 0. The van der Waals surface area contributed by atoms with Crippen LogP contribution in [0.1, 0.15) is 12.8 Å². The Hall–Kier alpha value is -1.42. The van der Waals surface area contributed by atoms with Crippen molar-refractivity contribution in [2.24, 2.45) is 0 Å². The Morgan fingerprint density at radius 1 is 1.04 bits per heavy atom. The molecule has 0 bridgehead atoms. The molecule has 2 nitrogen and oxygen atoms in total. The fourth-order valence-corrected chi connectivity index (χ4v) is 8.10. The van der Waals surface area contributed by atoms with E-state index in [0.29, 0.717) is 12.1 Å². The first-order valence-electron chi connectivity index (χ1n) is 8.99. The molecule has 3 heteroatoms. The Morgan fingerprint density at radius 3 is 2.00 bits per heavy atom. The van der Waals surface area contributed by atoms with Gasteiger partial charge >= 0.3 is 0 Å². The van der Waals surface area contributed by atoms with Crippen molar-refractivity contribution in [1.82, 2.24) is 4.90 Å². The van der Waals surface area contributed by atoms with Crippen LogP contribution < -0.4 is 10.4 Å². The standard InChI is InChI=1S/C21H29NOSi/c1-22-16-10-15-20(22)21(23-2)17-24(3,18-11-6-4-7-12-18)19-13-8-5-9-14-19/h4-9,11-14,20-21H,10,15-17H2,1-3H3/t20-,21+/m0/s1. The molecule has 0 amide bonds. The number of hydrogen-bond donors (Lipinski definition) is 0. The van der Waals surface area contributed by atoms with Gasteiger partial charge in [0.2, 0.25) is 0 Å². The third-order valence-corrected chi connectivity index (χ3v) is 10.2. The number of likely N-dealkylation sites (tertiary alicyclic amines) is 1. The lowest BCUT2D eigenvalue weighted by molar-refractivity contribution is 0.0524. The first-order valence-corrected chi connectivity index (χ1v) is 11.7. The zero-order valence-corrected chi connectivity index (χ0v) is 16.1. The van der Waals surface area contributed by atoms with Gasteiger partial charge in [-0.2, -0.15) is 0 Å². The molecule has 0 aliphatic carbocycles. The number of hydrogen-bond acceptors (Lipinski definition) is 2. The van der Waals surface area contributed by atoms with E-state index in [9.17, 15) is 0 Å². The third kappa shape index (κ3) is 3.48. The average Bonchev–Trinajstić information content (AvgIpc) is 3.07. The van der Waals surface area contributed by atoms with Crippen LogP contribution in [0.3, 0.4) is 0 Å². The van der Waals surface area contributed by atoms with Crippen molar-refractivity contribution in [2.45, 2.75) is 37.6 Å². The highest BCUT2D eigenvalue weighted by atomic mass is 28.3. The van der Waals surface area contributed by atoms with Gasteiger partial charge in [0.1, 0.15) is 8.07 Å². The molecule has 0 radical (unpaired) electrons. The number of nitrogens with zero attached hydrogens (tertiary/aromatic N) is 1. The van der Waals surface area contributed by atoms with Gasteiger partial charge < -0.3 is 9.64 Å². The molecular weight excluding hydrogens is 310 g/mol. The van der Waals surface area contributed by atoms with Crippen molar-refractivity contribution >= 4 is 18.4 Å². The monoisotopic (exact) mass is 339 g/mol. The SMILES string of the molecule is CO[C@H](C[Si](C)(c1ccccc1)c1ccccc1)[C@@H]1CCCN1C. The summed E-state index contributed by atoms with van der Waals surface area (Å²) in [6, 6.07) is 23.8. The van der Waals surface area contributed by atoms with Gasteiger partial charge in [-0.05, 0) is 32.5 Å². The van der Waals surface area contributed by atoms with Gasteiger partial charge in [0, 0.05) is 13.2 Å². The second kappa shape index (κ2) is 7.64. The molecule has 2 aromatic carbocycles. The van der Waals surface area contributed by atoms with E-state index in [0.717, 1.165) is 6.04 Å². The molecule has 2 atom stereocenters. The highest BCUT2D eigenvalue weighted by Gasteiger charge is 2.39. The summed E-state index contributed by atoms with van der Waals surface area (Å²) in [7, 11) is 2.30. The first-order chi connectivity index (χ1) is 11.6. The lowest BCUT2D eigenvalue weighted by Crippen LogP contribution is -2.59. The third-order valence-electron chi connectivity index (χ3n) is 5.74. The molecular formula is C21H29NOSi. The van der Waals surface area contributed by atoms with Crippen molar-refractivity contribution in [3.05, 3.63) is 60.7 Å². The second-order valence-electron chi connectivity index (χ2n) is 7.23. The molecule has 128 valence electrons. The van der Waals surface area contributed by atoms with Gasteiger partial charge in [-0.1, -0.05) is 77.6 Å². The lowest BCUT2D eigenvalue weighted by Gasteiger charge is -2.36. The van der Waals surface area contributed by atoms with Crippen LogP contribution in [0.15, 0.2) is 60.7 Å². The van der Waals surface area contributed by atoms with Crippen LogP contribution in [0.2, 0.25) is 12.6 Å². The summed E-state index contributed by atoms with van der Waals surface area (Å²) in [5.41, 5.74) is 0. The fraction of sp³-hybridized carbons (Fsp3) is 0.429. The van der Waals surface area contributed by atoms with E-state index in [1.54, 1.807) is 0 Å². The zero-order valence-electron chi connectivity index (χ0n) is 15.1. The van der Waals surface area contributed by atoms with E-state index in [1.807, 2.05) is 7.11 Å². The maximum absolute atomic E-state index is 6.04. The minimum Gasteiger partial charge on any atom is -0.380 e. The molecule has 1 saturated heterocycles. The molecule has 1 fully saturated rings. The zero-order chi connectivity index (χ0) is 17.0. The van der Waals surface area contributed by atoms with Gasteiger partial charge in [-0.25, -0.2) is 0 Å². The molecule has 1 aliphatic heterocycles. The van der Waals surface area contributed by atoms with E-state index in [1.165, 1.54) is 29.8 Å². The molecule has 0 spiro atoms. The summed E-state index contributed by atoms with van der Waals surface area (Å²) < 4.78 is 6.04. The van der Waals surface area contributed by atoms with Crippen LogP contribution in [0.25, 0.3) is 0 Å². The van der Waals surface area contributed by atoms with Gasteiger partial charge in [0.25, 0.3) is 0 Å². The highest BCUT2D eigenvalue weighted by Crippen LogP contribution is 2.26. The predicted molar refractivity (Wildman–Crippen MR) is 105 cm³/mol. The van der Waals surface area contributed by atoms with Crippen LogP contribution in [-0.4, -0.2) is 45.8 Å². The van der Waals surface area contributed by atoms with Crippen LogP contribution >= 0.6 is 0 Å². The van der Waals surface area contributed by atoms with E-state index in [-0.39, 0.29) is 0 Å². The molecule has 1 heterocycles. The summed E-state index contributed by atoms with van der Waals surface area (Å²) in [5, 5.41) is 3.00. The molecule has 2 aromatic rings. The van der Waals surface area contributed by atoms with Gasteiger partial charge in [0.15, 0.2) is 0 Å². The average molecular weight is 340 g/mol. The predicted octanol–water partition coefficient (Wildman–Crippen LogP) is 2.99. The van der Waals surface area contributed by atoms with E-state index >= 15 is 0 Å². The van der Waals surface area contributed by atoms with E-state index in [2.05, 4.69) is 79.2 Å². The number of methoxy groups -OCH3 is 1. The van der Waals surface area contributed by atoms with E-state index in [4.69, 9.17) is 4.74 Å². The Morgan fingerprint density at radius 2 is 1.58 bits per heavy atom. The van der Waals surface area contributed by atoms with Crippen molar-refractivity contribution in [1.29, 1.82) is 0 Å². The minimum atomic E-state index is -1.83. The smallest absolute Gasteiger partial charge is 0.117 e. The number of likely N-dealkylation sites (N-methyl/N-ethyl adjacent to an activating group) is 1. The maximum Gasteiger partial charge on any atom is 0.117 e. The molecule has 0 aromatic heterocycles. The maximum atomic E-state index is 6.04. The topological polar surface area (TPSA) is 12.5 Å². The molecule has 24 heavy (non-hydrogen) atoms. The van der Waals surface area contributed by atoms with Crippen molar-refractivity contribution in [3.63, 3.8) is 0 Å². The quantitative estimate of drug-likeness (QED) is 0.750. The van der Waals surface area contributed by atoms with Crippen LogP contribution in [-0.2, 0) is 4.74 Å². The Labute approximate surface area is 147 Å². The Bertz CT molecular complexity index is 591. The Kier molecular flexibility index (Phi) is 5.54. The van der Waals surface area contributed by atoms with Gasteiger partial charge in [-0.15, -0.1) is 0 Å². The fourth-order valence-electron chi connectivity index (χ4n) is 4.20.